The maximum atomic E-state index is 10.9. The number of hydrogen-bond donors (Lipinski definition) is 0. The Morgan fingerprint density at radius 3 is 2.30 bits per heavy atom. The summed E-state index contributed by atoms with van der Waals surface area (Å²) in [6, 6.07) is 1.64. The van der Waals surface area contributed by atoms with Gasteiger partial charge in [0.25, 0.3) is 0 Å². The van der Waals surface area contributed by atoms with Crippen LogP contribution in [0.1, 0.15) is 0 Å². The normalized spacial score (nSPS) is 10.9. The summed E-state index contributed by atoms with van der Waals surface area (Å²) in [4.78, 5) is 0. The quantitative estimate of drug-likeness (QED) is 0.579. The Labute approximate surface area is 59.1 Å². The molecule has 0 aromatic heterocycles. The minimum atomic E-state index is -3.42. The molecule has 0 radical (unpaired) electrons. The number of phosphoric ester groups is 1. The van der Waals surface area contributed by atoms with Crippen LogP contribution in [0, 0.1) is 11.3 Å². The summed E-state index contributed by atoms with van der Waals surface area (Å²) in [5.41, 5.74) is 0. The molecule has 0 rings (SSSR count). The molecule has 0 atom stereocenters. The van der Waals surface area contributed by atoms with E-state index in [1.165, 1.54) is 14.2 Å². The lowest BCUT2D eigenvalue weighted by atomic mass is 10.9. The van der Waals surface area contributed by atoms with E-state index in [2.05, 4.69) is 13.6 Å². The Hall–Kier alpha value is -0.400. The molecule has 0 N–H and O–H groups in total. The summed E-state index contributed by atoms with van der Waals surface area (Å²) in [6.45, 7) is -0.307. The third kappa shape index (κ3) is 2.95. The van der Waals surface area contributed by atoms with Gasteiger partial charge in [-0.15, -0.1) is 0 Å². The first-order valence-corrected chi connectivity index (χ1v) is 3.87. The Morgan fingerprint density at radius 1 is 1.50 bits per heavy atom. The van der Waals surface area contributed by atoms with E-state index in [0.717, 1.165) is 0 Å². The zero-order valence-electron chi connectivity index (χ0n) is 5.73. The second-order valence-electron chi connectivity index (χ2n) is 1.24. The largest absolute Gasteiger partial charge is 0.475 e. The second kappa shape index (κ2) is 4.42. The fraction of sp³-hybridized carbons (Fsp3) is 0.750. The van der Waals surface area contributed by atoms with Crippen LogP contribution in [0.2, 0.25) is 0 Å². The molecule has 0 aromatic rings. The maximum absolute atomic E-state index is 10.9. The third-order valence-corrected chi connectivity index (χ3v) is 2.07. The molecule has 58 valence electrons. The molecule has 0 heterocycles. The van der Waals surface area contributed by atoms with Crippen LogP contribution < -0.4 is 0 Å². The van der Waals surface area contributed by atoms with E-state index in [1.54, 1.807) is 6.07 Å². The smallest absolute Gasteiger partial charge is 0.290 e. The first-order chi connectivity index (χ1) is 4.68. The summed E-state index contributed by atoms with van der Waals surface area (Å²) in [6.07, 6.45) is 0. The number of rotatable bonds is 4. The molecule has 0 saturated heterocycles. The number of phosphoric acid groups is 1. The third-order valence-electron chi connectivity index (χ3n) is 0.734. The molecule has 0 saturated carbocycles. The van der Waals surface area contributed by atoms with E-state index in [1.807, 2.05) is 0 Å². The standard InChI is InChI=1S/C4H8NO4P/c1-7-10(6,8-2)9-4-3-5/h4H2,1-2H3. The molecule has 0 amide bonds. The van der Waals surface area contributed by atoms with E-state index < -0.39 is 7.82 Å². The van der Waals surface area contributed by atoms with Crippen molar-refractivity contribution in [1.29, 1.82) is 5.26 Å². The molecule has 0 fully saturated rings. The molecular formula is C4H8NO4P. The monoisotopic (exact) mass is 165 g/mol. The molecule has 0 aliphatic heterocycles. The summed E-state index contributed by atoms with van der Waals surface area (Å²) in [5.74, 6) is 0. The SMILES string of the molecule is COP(=O)(OC)OCC#N. The minimum Gasteiger partial charge on any atom is -0.290 e. The molecular weight excluding hydrogens is 157 g/mol. The summed E-state index contributed by atoms with van der Waals surface area (Å²) >= 11 is 0. The zero-order chi connectivity index (χ0) is 8.04. The Balaban J connectivity index is 3.85. The van der Waals surface area contributed by atoms with Crippen LogP contribution in [0.3, 0.4) is 0 Å². The summed E-state index contributed by atoms with van der Waals surface area (Å²) in [5, 5.41) is 8.01. The van der Waals surface area contributed by atoms with E-state index in [0.29, 0.717) is 0 Å². The van der Waals surface area contributed by atoms with Gasteiger partial charge in [-0.3, -0.25) is 13.6 Å². The first-order valence-electron chi connectivity index (χ1n) is 2.41. The van der Waals surface area contributed by atoms with Crippen molar-refractivity contribution in [3.63, 3.8) is 0 Å². The Kier molecular flexibility index (Phi) is 4.24. The van der Waals surface area contributed by atoms with Gasteiger partial charge >= 0.3 is 7.82 Å². The molecule has 0 unspecified atom stereocenters. The number of nitriles is 1. The van der Waals surface area contributed by atoms with Crippen molar-refractivity contribution in [3.05, 3.63) is 0 Å². The van der Waals surface area contributed by atoms with Gasteiger partial charge in [-0.25, -0.2) is 4.57 Å². The van der Waals surface area contributed by atoms with E-state index in [9.17, 15) is 4.57 Å². The van der Waals surface area contributed by atoms with Gasteiger partial charge in [-0.1, -0.05) is 0 Å². The highest BCUT2D eigenvalue weighted by Gasteiger charge is 2.21. The molecule has 6 heteroatoms. The van der Waals surface area contributed by atoms with Crippen molar-refractivity contribution in [2.24, 2.45) is 0 Å². The van der Waals surface area contributed by atoms with Crippen molar-refractivity contribution >= 4 is 7.82 Å². The highest BCUT2D eigenvalue weighted by atomic mass is 31.2. The molecule has 0 aliphatic rings. The molecule has 0 bridgehead atoms. The minimum absolute atomic E-state index is 0.307. The van der Waals surface area contributed by atoms with E-state index in [-0.39, 0.29) is 6.61 Å². The van der Waals surface area contributed by atoms with Gasteiger partial charge in [0, 0.05) is 14.2 Å². The van der Waals surface area contributed by atoms with Crippen molar-refractivity contribution in [2.45, 2.75) is 0 Å². The van der Waals surface area contributed by atoms with Gasteiger partial charge in [-0.2, -0.15) is 5.26 Å². The van der Waals surface area contributed by atoms with Crippen LogP contribution in [0.25, 0.3) is 0 Å². The van der Waals surface area contributed by atoms with Crippen LogP contribution in [-0.4, -0.2) is 20.8 Å². The summed E-state index contributed by atoms with van der Waals surface area (Å²) < 4.78 is 24.0. The predicted molar refractivity (Wildman–Crippen MR) is 33.2 cm³/mol. The van der Waals surface area contributed by atoms with Crippen molar-refractivity contribution in [1.82, 2.24) is 0 Å². The molecule has 0 aromatic carbocycles. The van der Waals surface area contributed by atoms with Crippen LogP contribution in [0.5, 0.6) is 0 Å². The van der Waals surface area contributed by atoms with Crippen LogP contribution in [0.15, 0.2) is 0 Å². The molecule has 5 nitrogen and oxygen atoms in total. The topological polar surface area (TPSA) is 68.6 Å². The number of nitrogens with zero attached hydrogens (tertiary/aromatic N) is 1. The zero-order valence-corrected chi connectivity index (χ0v) is 6.63. The fourth-order valence-electron chi connectivity index (χ4n) is 0.288. The number of hydrogen-bond acceptors (Lipinski definition) is 5. The highest BCUT2D eigenvalue weighted by Crippen LogP contribution is 2.47. The average molecular weight is 165 g/mol. The van der Waals surface area contributed by atoms with E-state index >= 15 is 0 Å². The predicted octanol–water partition coefficient (Wildman–Crippen LogP) is 0.927. The molecule has 0 spiro atoms. The average Bonchev–Trinajstić information content (AvgIpc) is 2.00. The van der Waals surface area contributed by atoms with E-state index in [4.69, 9.17) is 5.26 Å². The second-order valence-corrected chi connectivity index (χ2v) is 3.13. The Morgan fingerprint density at radius 2 is 2.00 bits per heavy atom. The lowest BCUT2D eigenvalue weighted by Crippen LogP contribution is -1.94. The van der Waals surface area contributed by atoms with Crippen molar-refractivity contribution in [2.75, 3.05) is 20.8 Å². The van der Waals surface area contributed by atoms with Gasteiger partial charge in [-0.05, 0) is 0 Å². The maximum Gasteiger partial charge on any atom is 0.475 e. The molecule has 10 heavy (non-hydrogen) atoms. The first kappa shape index (κ1) is 9.60. The highest BCUT2D eigenvalue weighted by molar-refractivity contribution is 7.48. The molecule has 0 aliphatic carbocycles. The summed E-state index contributed by atoms with van der Waals surface area (Å²) in [7, 11) is -1.06. The lowest BCUT2D eigenvalue weighted by Gasteiger charge is -2.09. The lowest BCUT2D eigenvalue weighted by molar-refractivity contribution is 0.166. The van der Waals surface area contributed by atoms with Crippen LogP contribution in [-0.2, 0) is 18.1 Å². The Bertz CT molecular complexity index is 167. The van der Waals surface area contributed by atoms with Gasteiger partial charge < -0.3 is 0 Å². The van der Waals surface area contributed by atoms with Gasteiger partial charge in [0.2, 0.25) is 0 Å². The van der Waals surface area contributed by atoms with Gasteiger partial charge in [0.05, 0.1) is 6.07 Å². The van der Waals surface area contributed by atoms with Gasteiger partial charge in [0.15, 0.2) is 0 Å². The fourth-order valence-corrected chi connectivity index (χ4v) is 0.864. The van der Waals surface area contributed by atoms with Crippen molar-refractivity contribution < 1.29 is 18.1 Å². The van der Waals surface area contributed by atoms with Crippen molar-refractivity contribution in [3.8, 4) is 6.07 Å². The van der Waals surface area contributed by atoms with Crippen LogP contribution in [0.4, 0.5) is 0 Å². The van der Waals surface area contributed by atoms with Gasteiger partial charge in [0.1, 0.15) is 6.61 Å². The van der Waals surface area contributed by atoms with Crippen LogP contribution >= 0.6 is 7.82 Å².